The van der Waals surface area contributed by atoms with Crippen LogP contribution in [0.1, 0.15) is 12.0 Å². The molecule has 1 unspecified atom stereocenters. The second kappa shape index (κ2) is 5.45. The molecule has 2 heteroatoms. The summed E-state index contributed by atoms with van der Waals surface area (Å²) < 4.78 is 5.38. The van der Waals surface area contributed by atoms with Crippen molar-refractivity contribution in [1.29, 1.82) is 0 Å². The van der Waals surface area contributed by atoms with Gasteiger partial charge in [-0.05, 0) is 25.5 Å². The zero-order valence-corrected chi connectivity index (χ0v) is 8.44. The van der Waals surface area contributed by atoms with Crippen LogP contribution in [0.2, 0.25) is 0 Å². The van der Waals surface area contributed by atoms with Gasteiger partial charge in [-0.15, -0.1) is 6.58 Å². The molecule has 0 aromatic heterocycles. The summed E-state index contributed by atoms with van der Waals surface area (Å²) >= 11 is 0. The minimum atomic E-state index is -0.464. The maximum Gasteiger partial charge on any atom is 0.119 e. The first-order valence-electron chi connectivity index (χ1n) is 4.71. The first kappa shape index (κ1) is 10.8. The fraction of sp³-hybridized carbons (Fsp3) is 0.333. The highest BCUT2D eigenvalue weighted by atomic mass is 16.5. The monoisotopic (exact) mass is 192 g/mol. The van der Waals surface area contributed by atoms with Gasteiger partial charge in [0.25, 0.3) is 0 Å². The SMILES string of the molecule is C=CCC(O)COc1ccc(C)cc1. The molecule has 14 heavy (non-hydrogen) atoms. The molecular formula is C12H16O2. The Hall–Kier alpha value is -1.28. The largest absolute Gasteiger partial charge is 0.491 e. The third-order valence-electron chi connectivity index (χ3n) is 1.90. The third kappa shape index (κ3) is 3.62. The molecule has 0 aliphatic carbocycles. The molecule has 1 aromatic carbocycles. The molecule has 0 heterocycles. The Balaban J connectivity index is 2.37. The van der Waals surface area contributed by atoms with Crippen LogP contribution in [0, 0.1) is 6.92 Å². The molecule has 0 aliphatic rings. The zero-order chi connectivity index (χ0) is 10.4. The fourth-order valence-corrected chi connectivity index (χ4v) is 1.09. The highest BCUT2D eigenvalue weighted by molar-refractivity contribution is 5.26. The van der Waals surface area contributed by atoms with E-state index in [9.17, 15) is 5.11 Å². The van der Waals surface area contributed by atoms with Gasteiger partial charge in [-0.3, -0.25) is 0 Å². The number of aliphatic hydroxyl groups excluding tert-OH is 1. The van der Waals surface area contributed by atoms with Crippen LogP contribution >= 0.6 is 0 Å². The van der Waals surface area contributed by atoms with E-state index in [0.29, 0.717) is 13.0 Å². The first-order valence-corrected chi connectivity index (χ1v) is 4.71. The van der Waals surface area contributed by atoms with Crippen molar-refractivity contribution >= 4 is 0 Å². The van der Waals surface area contributed by atoms with Crippen molar-refractivity contribution < 1.29 is 9.84 Å². The van der Waals surface area contributed by atoms with E-state index < -0.39 is 6.10 Å². The van der Waals surface area contributed by atoms with Crippen LogP contribution in [0.4, 0.5) is 0 Å². The maximum absolute atomic E-state index is 9.37. The number of hydrogen-bond acceptors (Lipinski definition) is 2. The van der Waals surface area contributed by atoms with Gasteiger partial charge >= 0.3 is 0 Å². The lowest BCUT2D eigenvalue weighted by molar-refractivity contribution is 0.110. The summed E-state index contributed by atoms with van der Waals surface area (Å²) in [6, 6.07) is 7.76. The van der Waals surface area contributed by atoms with Crippen molar-refractivity contribution in [1.82, 2.24) is 0 Å². The zero-order valence-electron chi connectivity index (χ0n) is 8.44. The highest BCUT2D eigenvalue weighted by Crippen LogP contribution is 2.11. The molecular weight excluding hydrogens is 176 g/mol. The number of aliphatic hydroxyl groups is 1. The summed E-state index contributed by atoms with van der Waals surface area (Å²) in [5.74, 6) is 0.790. The molecule has 2 nitrogen and oxygen atoms in total. The van der Waals surface area contributed by atoms with E-state index in [0.717, 1.165) is 5.75 Å². The minimum Gasteiger partial charge on any atom is -0.491 e. The van der Waals surface area contributed by atoms with Crippen molar-refractivity contribution in [3.63, 3.8) is 0 Å². The Labute approximate surface area is 84.8 Å². The van der Waals surface area contributed by atoms with Gasteiger partial charge in [0.15, 0.2) is 0 Å². The molecule has 76 valence electrons. The Morgan fingerprint density at radius 2 is 2.07 bits per heavy atom. The minimum absolute atomic E-state index is 0.315. The number of hydrogen-bond donors (Lipinski definition) is 1. The van der Waals surface area contributed by atoms with E-state index in [1.165, 1.54) is 5.56 Å². The Kier molecular flexibility index (Phi) is 4.20. The average molecular weight is 192 g/mol. The number of rotatable bonds is 5. The predicted molar refractivity (Wildman–Crippen MR) is 57.5 cm³/mol. The predicted octanol–water partition coefficient (Wildman–Crippen LogP) is 2.31. The second-order valence-electron chi connectivity index (χ2n) is 3.30. The Morgan fingerprint density at radius 3 is 2.64 bits per heavy atom. The van der Waals surface area contributed by atoms with Crippen LogP contribution in [0.25, 0.3) is 0 Å². The van der Waals surface area contributed by atoms with Gasteiger partial charge in [0.1, 0.15) is 12.4 Å². The van der Waals surface area contributed by atoms with Crippen LogP contribution in [-0.4, -0.2) is 17.8 Å². The molecule has 0 radical (unpaired) electrons. The first-order chi connectivity index (χ1) is 6.72. The summed E-state index contributed by atoms with van der Waals surface area (Å²) in [5.41, 5.74) is 1.20. The second-order valence-corrected chi connectivity index (χ2v) is 3.30. The van der Waals surface area contributed by atoms with Crippen molar-refractivity contribution in [2.45, 2.75) is 19.4 Å². The average Bonchev–Trinajstić information content (AvgIpc) is 2.17. The summed E-state index contributed by atoms with van der Waals surface area (Å²) in [6.07, 6.45) is 1.78. The van der Waals surface area contributed by atoms with Gasteiger partial charge in [0, 0.05) is 0 Å². The van der Waals surface area contributed by atoms with Gasteiger partial charge in [0.2, 0.25) is 0 Å². The summed E-state index contributed by atoms with van der Waals surface area (Å²) in [7, 11) is 0. The van der Waals surface area contributed by atoms with Crippen LogP contribution in [-0.2, 0) is 0 Å². The lowest BCUT2D eigenvalue weighted by atomic mass is 10.2. The van der Waals surface area contributed by atoms with Gasteiger partial charge in [-0.25, -0.2) is 0 Å². The van der Waals surface area contributed by atoms with Gasteiger partial charge in [-0.2, -0.15) is 0 Å². The molecule has 0 saturated carbocycles. The maximum atomic E-state index is 9.37. The molecule has 0 bridgehead atoms. The Morgan fingerprint density at radius 1 is 1.43 bits per heavy atom. The van der Waals surface area contributed by atoms with Crippen LogP contribution in [0.15, 0.2) is 36.9 Å². The van der Waals surface area contributed by atoms with E-state index in [-0.39, 0.29) is 0 Å². The van der Waals surface area contributed by atoms with Crippen LogP contribution < -0.4 is 4.74 Å². The van der Waals surface area contributed by atoms with E-state index in [2.05, 4.69) is 6.58 Å². The summed E-state index contributed by atoms with van der Waals surface area (Å²) in [6.45, 7) is 5.89. The number of aryl methyl sites for hydroxylation is 1. The molecule has 1 aromatic rings. The molecule has 0 saturated heterocycles. The quantitative estimate of drug-likeness (QED) is 0.725. The number of ether oxygens (including phenoxy) is 1. The van der Waals surface area contributed by atoms with Crippen LogP contribution in [0.5, 0.6) is 5.75 Å². The molecule has 0 spiro atoms. The molecule has 0 fully saturated rings. The number of benzene rings is 1. The van der Waals surface area contributed by atoms with E-state index in [1.807, 2.05) is 31.2 Å². The lowest BCUT2D eigenvalue weighted by Gasteiger charge is -2.10. The van der Waals surface area contributed by atoms with Gasteiger partial charge < -0.3 is 9.84 Å². The fourth-order valence-electron chi connectivity index (χ4n) is 1.09. The Bertz CT molecular complexity index is 277. The van der Waals surface area contributed by atoms with Crippen LogP contribution in [0.3, 0.4) is 0 Å². The van der Waals surface area contributed by atoms with E-state index >= 15 is 0 Å². The van der Waals surface area contributed by atoms with Gasteiger partial charge in [0.05, 0.1) is 6.10 Å². The molecule has 0 amide bonds. The van der Waals surface area contributed by atoms with Crippen molar-refractivity contribution in [2.24, 2.45) is 0 Å². The molecule has 1 N–H and O–H groups in total. The smallest absolute Gasteiger partial charge is 0.119 e. The van der Waals surface area contributed by atoms with Crippen molar-refractivity contribution in [2.75, 3.05) is 6.61 Å². The van der Waals surface area contributed by atoms with E-state index in [4.69, 9.17) is 4.74 Å². The third-order valence-corrected chi connectivity index (χ3v) is 1.90. The summed E-state index contributed by atoms with van der Waals surface area (Å²) in [5, 5.41) is 9.37. The van der Waals surface area contributed by atoms with Gasteiger partial charge in [-0.1, -0.05) is 23.8 Å². The molecule has 1 atom stereocenters. The molecule has 1 rings (SSSR count). The van der Waals surface area contributed by atoms with Crippen molar-refractivity contribution in [3.05, 3.63) is 42.5 Å². The summed E-state index contributed by atoms with van der Waals surface area (Å²) in [4.78, 5) is 0. The van der Waals surface area contributed by atoms with Crippen molar-refractivity contribution in [3.8, 4) is 5.75 Å². The normalized spacial score (nSPS) is 12.1. The highest BCUT2D eigenvalue weighted by Gasteiger charge is 2.01. The topological polar surface area (TPSA) is 29.5 Å². The lowest BCUT2D eigenvalue weighted by Crippen LogP contribution is -2.16. The molecule has 0 aliphatic heterocycles. The standard InChI is InChI=1S/C12H16O2/c1-3-4-11(13)9-14-12-7-5-10(2)6-8-12/h3,5-8,11,13H,1,4,9H2,2H3. The van der Waals surface area contributed by atoms with E-state index in [1.54, 1.807) is 6.08 Å².